The van der Waals surface area contributed by atoms with Gasteiger partial charge in [0.25, 0.3) is 0 Å². The summed E-state index contributed by atoms with van der Waals surface area (Å²) >= 11 is 0. The molecule has 106 valence electrons. The second-order valence-corrected chi connectivity index (χ2v) is 6.43. The number of rotatable bonds is 4. The molecule has 2 heteroatoms. The van der Waals surface area contributed by atoms with Gasteiger partial charge in [-0.25, -0.2) is 4.39 Å². The monoisotopic (exact) mass is 263 g/mol. The van der Waals surface area contributed by atoms with Crippen molar-refractivity contribution in [3.8, 4) is 0 Å². The standard InChI is InChI=1S/C17H26FN/c1-4-19-16(13-8-10-14(18)11-9-13)15-7-5-6-12-17(15,2)3/h8-11,15-16,19H,4-7,12H2,1-3H3. The third kappa shape index (κ3) is 3.36. The van der Waals surface area contributed by atoms with Gasteiger partial charge in [0.15, 0.2) is 0 Å². The zero-order chi connectivity index (χ0) is 13.9. The average molecular weight is 263 g/mol. The molecule has 1 aliphatic carbocycles. The fourth-order valence-electron chi connectivity index (χ4n) is 3.52. The summed E-state index contributed by atoms with van der Waals surface area (Å²) < 4.78 is 13.1. The van der Waals surface area contributed by atoms with Crippen LogP contribution in [0.4, 0.5) is 4.39 Å². The molecule has 1 aliphatic rings. The number of hydrogen-bond donors (Lipinski definition) is 1. The van der Waals surface area contributed by atoms with Crippen LogP contribution >= 0.6 is 0 Å². The summed E-state index contributed by atoms with van der Waals surface area (Å²) in [4.78, 5) is 0. The van der Waals surface area contributed by atoms with Gasteiger partial charge in [-0.2, -0.15) is 0 Å². The molecule has 19 heavy (non-hydrogen) atoms. The molecule has 1 N–H and O–H groups in total. The molecule has 2 unspecified atom stereocenters. The highest BCUT2D eigenvalue weighted by Gasteiger charge is 2.37. The molecule has 0 aliphatic heterocycles. The van der Waals surface area contributed by atoms with E-state index in [0.717, 1.165) is 6.54 Å². The summed E-state index contributed by atoms with van der Waals surface area (Å²) in [5.74, 6) is 0.480. The minimum atomic E-state index is -0.151. The van der Waals surface area contributed by atoms with Crippen LogP contribution in [0.5, 0.6) is 0 Å². The highest BCUT2D eigenvalue weighted by Crippen LogP contribution is 2.46. The smallest absolute Gasteiger partial charge is 0.123 e. The second-order valence-electron chi connectivity index (χ2n) is 6.43. The summed E-state index contributed by atoms with van der Waals surface area (Å²) in [5, 5.41) is 3.62. The van der Waals surface area contributed by atoms with Crippen molar-refractivity contribution in [3.63, 3.8) is 0 Å². The summed E-state index contributed by atoms with van der Waals surface area (Å²) in [6.45, 7) is 7.86. The lowest BCUT2D eigenvalue weighted by Crippen LogP contribution is -2.39. The van der Waals surface area contributed by atoms with E-state index in [0.29, 0.717) is 17.4 Å². The van der Waals surface area contributed by atoms with E-state index in [2.05, 4.69) is 26.1 Å². The summed E-state index contributed by atoms with van der Waals surface area (Å²) in [5.41, 5.74) is 1.59. The third-order valence-electron chi connectivity index (χ3n) is 4.65. The highest BCUT2D eigenvalue weighted by atomic mass is 19.1. The fourth-order valence-corrected chi connectivity index (χ4v) is 3.52. The number of halogens is 1. The van der Waals surface area contributed by atoms with Crippen LogP contribution in [0.1, 0.15) is 58.1 Å². The molecule has 1 aromatic carbocycles. The van der Waals surface area contributed by atoms with E-state index < -0.39 is 0 Å². The maximum atomic E-state index is 13.1. The Hall–Kier alpha value is -0.890. The van der Waals surface area contributed by atoms with E-state index in [-0.39, 0.29) is 5.82 Å². The normalized spacial score (nSPS) is 24.1. The van der Waals surface area contributed by atoms with E-state index in [4.69, 9.17) is 0 Å². The van der Waals surface area contributed by atoms with Gasteiger partial charge in [-0.3, -0.25) is 0 Å². The predicted octanol–water partition coefficient (Wildman–Crippen LogP) is 4.69. The number of benzene rings is 1. The summed E-state index contributed by atoms with van der Waals surface area (Å²) in [6, 6.07) is 7.38. The Morgan fingerprint density at radius 3 is 2.53 bits per heavy atom. The summed E-state index contributed by atoms with van der Waals surface area (Å²) in [6.07, 6.45) is 5.21. The number of nitrogens with one attached hydrogen (secondary N) is 1. The van der Waals surface area contributed by atoms with Gasteiger partial charge in [0.1, 0.15) is 5.82 Å². The van der Waals surface area contributed by atoms with Gasteiger partial charge in [-0.1, -0.05) is 45.7 Å². The SMILES string of the molecule is CCNC(c1ccc(F)cc1)C1CCCCC1(C)C. The van der Waals surface area contributed by atoms with Crippen LogP contribution < -0.4 is 5.32 Å². The minimum Gasteiger partial charge on any atom is -0.310 e. The molecule has 2 atom stereocenters. The molecule has 0 aromatic heterocycles. The van der Waals surface area contributed by atoms with Crippen LogP contribution in [0.2, 0.25) is 0 Å². The Labute approximate surface area is 116 Å². The van der Waals surface area contributed by atoms with Crippen LogP contribution in [-0.4, -0.2) is 6.54 Å². The van der Waals surface area contributed by atoms with Crippen molar-refractivity contribution >= 4 is 0 Å². The van der Waals surface area contributed by atoms with Gasteiger partial charge >= 0.3 is 0 Å². The Morgan fingerprint density at radius 1 is 1.26 bits per heavy atom. The van der Waals surface area contributed by atoms with E-state index >= 15 is 0 Å². The third-order valence-corrected chi connectivity index (χ3v) is 4.65. The van der Waals surface area contributed by atoms with Crippen molar-refractivity contribution in [2.75, 3.05) is 6.54 Å². The first kappa shape index (κ1) is 14.5. The van der Waals surface area contributed by atoms with Crippen molar-refractivity contribution in [1.82, 2.24) is 5.32 Å². The molecule has 0 amide bonds. The lowest BCUT2D eigenvalue weighted by Gasteiger charge is -2.43. The molecule has 1 nitrogen and oxygen atoms in total. The summed E-state index contributed by atoms with van der Waals surface area (Å²) in [7, 11) is 0. The van der Waals surface area contributed by atoms with E-state index in [1.165, 1.54) is 31.2 Å². The Kier molecular flexibility index (Phi) is 4.62. The van der Waals surface area contributed by atoms with E-state index in [1.54, 1.807) is 12.1 Å². The van der Waals surface area contributed by atoms with Crippen LogP contribution in [0, 0.1) is 17.2 Å². The van der Waals surface area contributed by atoms with Gasteiger partial charge in [0.2, 0.25) is 0 Å². The topological polar surface area (TPSA) is 12.0 Å². The molecule has 1 aromatic rings. The Bertz CT molecular complexity index is 396. The minimum absolute atomic E-state index is 0.151. The molecular weight excluding hydrogens is 237 g/mol. The molecule has 1 fully saturated rings. The van der Waals surface area contributed by atoms with Crippen molar-refractivity contribution in [3.05, 3.63) is 35.6 Å². The largest absolute Gasteiger partial charge is 0.310 e. The van der Waals surface area contributed by atoms with E-state index in [1.807, 2.05) is 12.1 Å². The van der Waals surface area contributed by atoms with Gasteiger partial charge in [-0.15, -0.1) is 0 Å². The maximum Gasteiger partial charge on any atom is 0.123 e. The molecule has 0 saturated heterocycles. The molecule has 1 saturated carbocycles. The van der Waals surface area contributed by atoms with Gasteiger partial charge < -0.3 is 5.32 Å². The Balaban J connectivity index is 2.26. The first-order chi connectivity index (χ1) is 9.04. The quantitative estimate of drug-likeness (QED) is 0.830. The van der Waals surface area contributed by atoms with Crippen molar-refractivity contribution in [2.24, 2.45) is 11.3 Å². The van der Waals surface area contributed by atoms with Crippen LogP contribution in [-0.2, 0) is 0 Å². The molecule has 0 bridgehead atoms. The lowest BCUT2D eigenvalue weighted by molar-refractivity contribution is 0.0988. The van der Waals surface area contributed by atoms with Gasteiger partial charge in [-0.05, 0) is 48.4 Å². The van der Waals surface area contributed by atoms with Crippen molar-refractivity contribution in [1.29, 1.82) is 0 Å². The average Bonchev–Trinajstić information content (AvgIpc) is 2.37. The molecule has 0 heterocycles. The first-order valence-electron chi connectivity index (χ1n) is 7.53. The van der Waals surface area contributed by atoms with Gasteiger partial charge in [0.05, 0.1) is 0 Å². The van der Waals surface area contributed by atoms with Crippen molar-refractivity contribution < 1.29 is 4.39 Å². The molecule has 0 spiro atoms. The molecule has 2 rings (SSSR count). The predicted molar refractivity (Wildman–Crippen MR) is 78.6 cm³/mol. The van der Waals surface area contributed by atoms with Crippen molar-refractivity contribution in [2.45, 2.75) is 52.5 Å². The fraction of sp³-hybridized carbons (Fsp3) is 0.647. The zero-order valence-electron chi connectivity index (χ0n) is 12.4. The van der Waals surface area contributed by atoms with Crippen LogP contribution in [0.3, 0.4) is 0 Å². The zero-order valence-corrected chi connectivity index (χ0v) is 12.4. The lowest BCUT2D eigenvalue weighted by atomic mass is 9.65. The molecular formula is C17H26FN. The molecule has 0 radical (unpaired) electrons. The second kappa shape index (κ2) is 6.04. The van der Waals surface area contributed by atoms with Crippen LogP contribution in [0.15, 0.2) is 24.3 Å². The Morgan fingerprint density at radius 2 is 1.95 bits per heavy atom. The first-order valence-corrected chi connectivity index (χ1v) is 7.53. The number of hydrogen-bond acceptors (Lipinski definition) is 1. The van der Waals surface area contributed by atoms with Gasteiger partial charge in [0, 0.05) is 6.04 Å². The highest BCUT2D eigenvalue weighted by molar-refractivity contribution is 5.21. The maximum absolute atomic E-state index is 13.1. The van der Waals surface area contributed by atoms with E-state index in [9.17, 15) is 4.39 Å². The van der Waals surface area contributed by atoms with Crippen LogP contribution in [0.25, 0.3) is 0 Å².